The molecule has 0 amide bonds. The van der Waals surface area contributed by atoms with Crippen LogP contribution in [0.5, 0.6) is 0 Å². The summed E-state index contributed by atoms with van der Waals surface area (Å²) >= 11 is 0. The van der Waals surface area contributed by atoms with E-state index in [4.69, 9.17) is 0 Å². The van der Waals surface area contributed by atoms with Gasteiger partial charge in [-0.25, -0.2) is 0 Å². The van der Waals surface area contributed by atoms with Crippen molar-refractivity contribution in [2.24, 2.45) is 0 Å². The van der Waals surface area contributed by atoms with Gasteiger partial charge in [0.25, 0.3) is 0 Å². The van der Waals surface area contributed by atoms with E-state index in [1.54, 1.807) is 0 Å². The summed E-state index contributed by atoms with van der Waals surface area (Å²) in [4.78, 5) is 0. The number of aromatic nitrogens is 1. The molecule has 1 heterocycles. The average Bonchev–Trinajstić information content (AvgIpc) is 2.07. The Balaban J connectivity index is 0.00000121. The molecule has 12 heavy (non-hydrogen) atoms. The van der Waals surface area contributed by atoms with Crippen LogP contribution in [0.2, 0.25) is 0 Å². The Morgan fingerprint density at radius 1 is 1.25 bits per heavy atom. The van der Waals surface area contributed by atoms with Crippen molar-refractivity contribution in [3.63, 3.8) is 0 Å². The third-order valence-corrected chi connectivity index (χ3v) is 1.36. The van der Waals surface area contributed by atoms with Gasteiger partial charge in [-0.3, -0.25) is 5.32 Å². The minimum Gasteiger partial charge on any atom is -1.00 e. The number of rotatable bonds is 4. The van der Waals surface area contributed by atoms with E-state index < -0.39 is 0 Å². The predicted octanol–water partition coefficient (Wildman–Crippen LogP) is -2.29. The van der Waals surface area contributed by atoms with Gasteiger partial charge in [0.15, 0.2) is 12.4 Å². The van der Waals surface area contributed by atoms with Crippen LogP contribution in [0.1, 0.15) is 0 Å². The second-order valence-electron chi connectivity index (χ2n) is 2.29. The van der Waals surface area contributed by atoms with Crippen molar-refractivity contribution in [3.05, 3.63) is 43.2 Å². The number of hydrogen-bond donors (Lipinski definition) is 1. The minimum absolute atomic E-state index is 0. The summed E-state index contributed by atoms with van der Waals surface area (Å²) in [6.45, 7) is 5.31. The van der Waals surface area contributed by atoms with E-state index in [1.165, 1.54) is 0 Å². The van der Waals surface area contributed by atoms with Gasteiger partial charge in [-0.1, -0.05) is 12.1 Å². The van der Waals surface area contributed by atoms with Crippen LogP contribution in [0.4, 0.5) is 0 Å². The van der Waals surface area contributed by atoms with Crippen molar-refractivity contribution in [3.8, 4) is 0 Å². The molecule has 0 atom stereocenters. The predicted molar refractivity (Wildman–Crippen MR) is 44.8 cm³/mol. The molecule has 0 saturated heterocycles. The fourth-order valence-corrected chi connectivity index (χ4v) is 0.835. The molecule has 2 nitrogen and oxygen atoms in total. The molecule has 0 fully saturated rings. The first-order valence-electron chi connectivity index (χ1n) is 3.69. The van der Waals surface area contributed by atoms with Gasteiger partial charge in [-0.2, -0.15) is 4.57 Å². The Labute approximate surface area is 79.3 Å². The molecule has 1 N–H and O–H groups in total. The summed E-state index contributed by atoms with van der Waals surface area (Å²) in [7, 11) is 0. The first-order chi connectivity index (χ1) is 5.43. The van der Waals surface area contributed by atoms with Crippen LogP contribution in [0, 0.1) is 0 Å². The maximum absolute atomic E-state index is 3.62. The van der Waals surface area contributed by atoms with Crippen LogP contribution in [0.3, 0.4) is 0 Å². The summed E-state index contributed by atoms with van der Waals surface area (Å²) in [6, 6.07) is 6.02. The lowest BCUT2D eigenvalue weighted by atomic mass is 10.5. The van der Waals surface area contributed by atoms with Crippen molar-refractivity contribution >= 4 is 0 Å². The van der Waals surface area contributed by atoms with Crippen molar-refractivity contribution in [2.75, 3.05) is 6.54 Å². The smallest absolute Gasteiger partial charge is 0.202 e. The average molecular weight is 185 g/mol. The summed E-state index contributed by atoms with van der Waals surface area (Å²) < 4.78 is 2.07. The highest BCUT2D eigenvalue weighted by Crippen LogP contribution is 1.74. The van der Waals surface area contributed by atoms with Crippen molar-refractivity contribution in [1.82, 2.24) is 5.32 Å². The highest BCUT2D eigenvalue weighted by atomic mass is 35.5. The van der Waals surface area contributed by atoms with E-state index in [9.17, 15) is 0 Å². The lowest BCUT2D eigenvalue weighted by Gasteiger charge is -1.95. The molecule has 0 saturated carbocycles. The quantitative estimate of drug-likeness (QED) is 0.317. The number of pyridine rings is 1. The van der Waals surface area contributed by atoms with Crippen molar-refractivity contribution < 1.29 is 17.0 Å². The van der Waals surface area contributed by atoms with Gasteiger partial charge in [-0.15, -0.1) is 6.58 Å². The first kappa shape index (κ1) is 11.1. The third kappa shape index (κ3) is 4.11. The zero-order chi connectivity index (χ0) is 7.94. The Bertz CT molecular complexity index is 211. The monoisotopic (exact) mass is 184 g/mol. The van der Waals surface area contributed by atoms with Gasteiger partial charge < -0.3 is 12.4 Å². The highest BCUT2D eigenvalue weighted by molar-refractivity contribution is 4.83. The molecule has 0 aromatic carbocycles. The Hall–Kier alpha value is -0.860. The molecule has 66 valence electrons. The van der Waals surface area contributed by atoms with E-state index in [-0.39, 0.29) is 12.4 Å². The van der Waals surface area contributed by atoms with Gasteiger partial charge in [0, 0.05) is 18.7 Å². The molecule has 0 aliphatic carbocycles. The van der Waals surface area contributed by atoms with Gasteiger partial charge >= 0.3 is 0 Å². The van der Waals surface area contributed by atoms with Crippen LogP contribution < -0.4 is 22.3 Å². The number of halogens is 1. The maximum atomic E-state index is 3.62. The van der Waals surface area contributed by atoms with Gasteiger partial charge in [0.2, 0.25) is 6.67 Å². The summed E-state index contributed by atoms with van der Waals surface area (Å²) in [5.41, 5.74) is 0. The van der Waals surface area contributed by atoms with Crippen LogP contribution >= 0.6 is 0 Å². The molecule has 0 radical (unpaired) electrons. The second-order valence-corrected chi connectivity index (χ2v) is 2.29. The summed E-state index contributed by atoms with van der Waals surface area (Å²) in [5, 5.41) is 3.20. The van der Waals surface area contributed by atoms with Crippen LogP contribution in [0.25, 0.3) is 0 Å². The van der Waals surface area contributed by atoms with E-state index in [0.29, 0.717) is 0 Å². The first-order valence-corrected chi connectivity index (χ1v) is 3.69. The fourth-order valence-electron chi connectivity index (χ4n) is 0.835. The molecule has 1 aromatic heterocycles. The van der Waals surface area contributed by atoms with E-state index in [1.807, 2.05) is 36.7 Å². The molecule has 0 spiro atoms. The molecule has 3 heteroatoms. The Morgan fingerprint density at radius 2 is 1.92 bits per heavy atom. The third-order valence-electron chi connectivity index (χ3n) is 1.36. The topological polar surface area (TPSA) is 15.9 Å². The van der Waals surface area contributed by atoms with Crippen LogP contribution in [-0.4, -0.2) is 6.54 Å². The molecule has 0 aliphatic heterocycles. The normalized spacial score (nSPS) is 8.67. The van der Waals surface area contributed by atoms with Gasteiger partial charge in [0.05, 0.1) is 0 Å². The lowest BCUT2D eigenvalue weighted by molar-refractivity contribution is -0.701. The van der Waals surface area contributed by atoms with Gasteiger partial charge in [0.1, 0.15) is 0 Å². The molecule has 0 unspecified atom stereocenters. The molecule has 0 bridgehead atoms. The van der Waals surface area contributed by atoms with Gasteiger partial charge in [-0.05, 0) is 0 Å². The van der Waals surface area contributed by atoms with E-state index in [0.717, 1.165) is 13.2 Å². The Kier molecular flexibility index (Phi) is 6.34. The maximum Gasteiger partial charge on any atom is 0.202 e. The van der Waals surface area contributed by atoms with E-state index >= 15 is 0 Å². The molecular weight excluding hydrogens is 172 g/mol. The van der Waals surface area contributed by atoms with Crippen molar-refractivity contribution in [1.29, 1.82) is 0 Å². The molecule has 0 aliphatic rings. The SMILES string of the molecule is C=CCNC[n+]1ccccc1.[Cl-]. The van der Waals surface area contributed by atoms with Crippen LogP contribution in [-0.2, 0) is 6.67 Å². The molecular formula is C9H13ClN2. The zero-order valence-electron chi connectivity index (χ0n) is 6.91. The van der Waals surface area contributed by atoms with Crippen molar-refractivity contribution in [2.45, 2.75) is 6.67 Å². The number of hydrogen-bond acceptors (Lipinski definition) is 1. The largest absolute Gasteiger partial charge is 1.00 e. The fraction of sp³-hybridized carbons (Fsp3) is 0.222. The van der Waals surface area contributed by atoms with Crippen LogP contribution in [0.15, 0.2) is 43.2 Å². The van der Waals surface area contributed by atoms with E-state index in [2.05, 4.69) is 16.5 Å². The molecule has 1 rings (SSSR count). The lowest BCUT2D eigenvalue weighted by Crippen LogP contribution is -3.00. The molecule has 1 aromatic rings. The Morgan fingerprint density at radius 3 is 2.50 bits per heavy atom. The number of nitrogens with zero attached hydrogens (tertiary/aromatic N) is 1. The zero-order valence-corrected chi connectivity index (χ0v) is 7.67. The highest BCUT2D eigenvalue weighted by Gasteiger charge is 1.92. The number of nitrogens with one attached hydrogen (secondary N) is 1. The summed E-state index contributed by atoms with van der Waals surface area (Å²) in [5.74, 6) is 0. The minimum atomic E-state index is 0. The standard InChI is InChI=1S/C9H13N2.ClH/c1-2-6-10-9-11-7-4-3-5-8-11;/h2-5,7-8,10H,1,6,9H2;1H/q+1;/p-1. The summed E-state index contributed by atoms with van der Waals surface area (Å²) in [6.07, 6.45) is 5.90. The second kappa shape index (κ2) is 6.83.